The van der Waals surface area contributed by atoms with Crippen LogP contribution in [0.2, 0.25) is 0 Å². The zero-order valence-corrected chi connectivity index (χ0v) is 11.7. The summed E-state index contributed by atoms with van der Waals surface area (Å²) in [6.45, 7) is 0. The van der Waals surface area contributed by atoms with E-state index >= 15 is 0 Å². The molecule has 1 N–H and O–H groups in total. The van der Waals surface area contributed by atoms with E-state index in [9.17, 15) is 8.42 Å². The van der Waals surface area contributed by atoms with Crippen LogP contribution in [0.3, 0.4) is 0 Å². The molecule has 1 saturated heterocycles. The van der Waals surface area contributed by atoms with Crippen molar-refractivity contribution < 1.29 is 8.42 Å². The van der Waals surface area contributed by atoms with Gasteiger partial charge < -0.3 is 5.32 Å². The summed E-state index contributed by atoms with van der Waals surface area (Å²) in [5, 5.41) is 5.37. The fourth-order valence-corrected chi connectivity index (χ4v) is 5.11. The van der Waals surface area contributed by atoms with E-state index < -0.39 is 9.84 Å². The zero-order chi connectivity index (χ0) is 12.3. The maximum atomic E-state index is 11.5. The number of nitrogens with one attached hydrogen (secondary N) is 1. The molecule has 2 heterocycles. The van der Waals surface area contributed by atoms with Crippen LogP contribution in [-0.2, 0) is 16.3 Å². The van der Waals surface area contributed by atoms with Crippen LogP contribution < -0.4 is 5.32 Å². The molecule has 1 aliphatic heterocycles. The molecule has 0 aromatic carbocycles. The van der Waals surface area contributed by atoms with Crippen LogP contribution in [0.4, 0.5) is 0 Å². The molecule has 96 valence electrons. The predicted molar refractivity (Wildman–Crippen MR) is 72.2 cm³/mol. The highest BCUT2D eigenvalue weighted by Crippen LogP contribution is 2.24. The van der Waals surface area contributed by atoms with Gasteiger partial charge in [-0.2, -0.15) is 0 Å². The van der Waals surface area contributed by atoms with Crippen molar-refractivity contribution in [1.29, 1.82) is 0 Å². The molecule has 1 fully saturated rings. The van der Waals surface area contributed by atoms with E-state index in [1.807, 2.05) is 7.05 Å². The summed E-state index contributed by atoms with van der Waals surface area (Å²) in [6, 6.07) is 4.53. The molecule has 1 aromatic rings. The topological polar surface area (TPSA) is 46.2 Å². The van der Waals surface area contributed by atoms with Gasteiger partial charge in [-0.25, -0.2) is 8.42 Å². The highest BCUT2D eigenvalue weighted by molar-refractivity contribution is 7.91. The van der Waals surface area contributed by atoms with Crippen LogP contribution in [0.1, 0.15) is 17.7 Å². The minimum atomic E-state index is -2.76. The second-order valence-corrected chi connectivity index (χ2v) is 7.94. The highest BCUT2D eigenvalue weighted by atomic mass is 32.2. The first kappa shape index (κ1) is 13.1. The third-order valence-corrected chi connectivity index (χ3v) is 6.22. The fraction of sp³-hybridized carbons (Fsp3) is 0.667. The number of sulfone groups is 1. The summed E-state index contributed by atoms with van der Waals surface area (Å²) in [6.07, 6.45) is 2.88. The molecule has 0 amide bonds. The molecule has 1 aromatic heterocycles. The van der Waals surface area contributed by atoms with Gasteiger partial charge in [0.2, 0.25) is 0 Å². The first-order valence-electron chi connectivity index (χ1n) is 6.01. The van der Waals surface area contributed by atoms with E-state index in [0.717, 1.165) is 19.3 Å². The lowest BCUT2D eigenvalue weighted by Gasteiger charge is -2.21. The number of aryl methyl sites for hydroxylation is 1. The third kappa shape index (κ3) is 3.53. The summed E-state index contributed by atoms with van der Waals surface area (Å²) in [5.41, 5.74) is 0. The predicted octanol–water partition coefficient (Wildman–Crippen LogP) is 1.70. The average Bonchev–Trinajstić information content (AvgIpc) is 2.89. The summed E-state index contributed by atoms with van der Waals surface area (Å²) < 4.78 is 22.9. The summed E-state index contributed by atoms with van der Waals surface area (Å²) >= 11 is 1.77. The first-order valence-corrected chi connectivity index (χ1v) is 8.71. The van der Waals surface area contributed by atoms with Gasteiger partial charge >= 0.3 is 0 Å². The van der Waals surface area contributed by atoms with Crippen molar-refractivity contribution >= 4 is 21.2 Å². The van der Waals surface area contributed by atoms with Gasteiger partial charge in [-0.15, -0.1) is 11.3 Å². The van der Waals surface area contributed by atoms with Crippen LogP contribution >= 0.6 is 11.3 Å². The number of hydrogen-bond donors (Lipinski definition) is 1. The van der Waals surface area contributed by atoms with E-state index in [2.05, 4.69) is 22.8 Å². The lowest BCUT2D eigenvalue weighted by atomic mass is 9.95. The van der Waals surface area contributed by atoms with E-state index in [1.165, 1.54) is 4.88 Å². The van der Waals surface area contributed by atoms with Crippen molar-refractivity contribution in [1.82, 2.24) is 5.32 Å². The van der Waals surface area contributed by atoms with Gasteiger partial charge in [0.1, 0.15) is 0 Å². The van der Waals surface area contributed by atoms with E-state index in [4.69, 9.17) is 0 Å². The summed E-state index contributed by atoms with van der Waals surface area (Å²) in [5.74, 6) is 1.03. The Morgan fingerprint density at radius 2 is 2.41 bits per heavy atom. The van der Waals surface area contributed by atoms with Crippen molar-refractivity contribution in [3.8, 4) is 0 Å². The van der Waals surface area contributed by atoms with Gasteiger partial charge in [0.25, 0.3) is 0 Å². The largest absolute Gasteiger partial charge is 0.317 e. The van der Waals surface area contributed by atoms with Gasteiger partial charge in [-0.05, 0) is 43.7 Å². The smallest absolute Gasteiger partial charge is 0.150 e. The quantitative estimate of drug-likeness (QED) is 0.888. The Kier molecular flexibility index (Phi) is 4.22. The molecule has 1 aliphatic rings. The van der Waals surface area contributed by atoms with Crippen molar-refractivity contribution in [2.75, 3.05) is 18.6 Å². The minimum Gasteiger partial charge on any atom is -0.317 e. The van der Waals surface area contributed by atoms with Crippen molar-refractivity contribution in [2.45, 2.75) is 25.3 Å². The Bertz CT molecular complexity index is 439. The molecule has 5 heteroatoms. The minimum absolute atomic E-state index is 0.296. The number of thiophene rings is 1. The van der Waals surface area contributed by atoms with Gasteiger partial charge in [0, 0.05) is 10.9 Å². The Morgan fingerprint density at radius 3 is 2.94 bits per heavy atom. The van der Waals surface area contributed by atoms with Gasteiger partial charge in [0.05, 0.1) is 11.5 Å². The lowest BCUT2D eigenvalue weighted by Crippen LogP contribution is -2.34. The van der Waals surface area contributed by atoms with Crippen molar-refractivity contribution in [3.05, 3.63) is 22.4 Å². The van der Waals surface area contributed by atoms with E-state index in [0.29, 0.717) is 23.5 Å². The normalized spacial score (nSPS) is 24.9. The molecule has 2 unspecified atom stereocenters. The third-order valence-electron chi connectivity index (χ3n) is 3.49. The standard InChI is InChI=1S/C12H19NO2S2/c1-13-12(5-4-11-3-2-7-16-11)10-6-8-17(14,15)9-10/h2-3,7,10,12-13H,4-6,8-9H2,1H3. The molecule has 2 atom stereocenters. The van der Waals surface area contributed by atoms with Crippen molar-refractivity contribution in [2.24, 2.45) is 5.92 Å². The molecule has 0 bridgehead atoms. The van der Waals surface area contributed by atoms with Crippen LogP contribution in [0.15, 0.2) is 17.5 Å². The van der Waals surface area contributed by atoms with E-state index in [-0.39, 0.29) is 0 Å². The van der Waals surface area contributed by atoms with E-state index in [1.54, 1.807) is 11.3 Å². The maximum Gasteiger partial charge on any atom is 0.150 e. The SMILES string of the molecule is CNC(CCc1cccs1)C1CCS(=O)(=O)C1. The summed E-state index contributed by atoms with van der Waals surface area (Å²) in [7, 11) is -0.826. The molecule has 0 saturated carbocycles. The van der Waals surface area contributed by atoms with Crippen LogP contribution in [0.5, 0.6) is 0 Å². The van der Waals surface area contributed by atoms with Gasteiger partial charge in [-0.3, -0.25) is 0 Å². The molecular weight excluding hydrogens is 254 g/mol. The molecule has 0 aliphatic carbocycles. The molecule has 17 heavy (non-hydrogen) atoms. The monoisotopic (exact) mass is 273 g/mol. The molecule has 3 nitrogen and oxygen atoms in total. The average molecular weight is 273 g/mol. The van der Waals surface area contributed by atoms with Crippen LogP contribution in [0, 0.1) is 5.92 Å². The molecular formula is C12H19NO2S2. The summed E-state index contributed by atoms with van der Waals surface area (Å²) in [4.78, 5) is 1.38. The Balaban J connectivity index is 1.89. The maximum absolute atomic E-state index is 11.5. The molecule has 2 rings (SSSR count). The van der Waals surface area contributed by atoms with Crippen molar-refractivity contribution in [3.63, 3.8) is 0 Å². The first-order chi connectivity index (χ1) is 8.11. The Hall–Kier alpha value is -0.390. The second kappa shape index (κ2) is 5.50. The number of hydrogen-bond acceptors (Lipinski definition) is 4. The molecule has 0 spiro atoms. The fourth-order valence-electron chi connectivity index (χ4n) is 2.51. The molecule has 0 radical (unpaired) electrons. The Labute approximate surface area is 107 Å². The number of rotatable bonds is 5. The zero-order valence-electron chi connectivity index (χ0n) is 10.1. The Morgan fingerprint density at radius 1 is 1.59 bits per heavy atom. The van der Waals surface area contributed by atoms with Gasteiger partial charge in [0.15, 0.2) is 9.84 Å². The second-order valence-electron chi connectivity index (χ2n) is 4.68. The van der Waals surface area contributed by atoms with Crippen LogP contribution in [0.25, 0.3) is 0 Å². The lowest BCUT2D eigenvalue weighted by molar-refractivity contribution is 0.384. The van der Waals surface area contributed by atoms with Crippen LogP contribution in [-0.4, -0.2) is 33.0 Å². The van der Waals surface area contributed by atoms with Gasteiger partial charge in [-0.1, -0.05) is 6.07 Å². The highest BCUT2D eigenvalue weighted by Gasteiger charge is 2.32.